The van der Waals surface area contributed by atoms with Crippen LogP contribution in [0.5, 0.6) is 0 Å². The monoisotopic (exact) mass is 672 g/mol. The molecule has 0 atom stereocenters. The first kappa shape index (κ1) is 29.5. The van der Waals surface area contributed by atoms with E-state index in [1.54, 1.807) is 0 Å². The Bertz CT molecular complexity index is 2640. The van der Waals surface area contributed by atoms with Crippen LogP contribution in [0.15, 0.2) is 154 Å². The Labute approximate surface area is 302 Å². The highest BCUT2D eigenvalue weighted by Gasteiger charge is 2.38. The highest BCUT2D eigenvalue weighted by Crippen LogP contribution is 2.54. The minimum Gasteiger partial charge on any atom is -0.456 e. The summed E-state index contributed by atoms with van der Waals surface area (Å²) in [6.45, 7) is 9.30. The number of rotatable bonds is 2. The summed E-state index contributed by atoms with van der Waals surface area (Å²) in [6.07, 6.45) is 0. The maximum Gasteiger partial charge on any atom is 0.136 e. The zero-order valence-corrected chi connectivity index (χ0v) is 29.6. The molecule has 0 radical (unpaired) electrons. The van der Waals surface area contributed by atoms with Crippen LogP contribution in [-0.4, -0.2) is 0 Å². The molecular formula is C48H36N2O2. The summed E-state index contributed by atoms with van der Waals surface area (Å²) in [5.41, 5.74) is 15.4. The first-order chi connectivity index (χ1) is 25.3. The molecule has 2 aliphatic rings. The topological polar surface area (TPSA) is 32.8 Å². The highest BCUT2D eigenvalue weighted by molar-refractivity contribution is 6.26. The van der Waals surface area contributed by atoms with E-state index in [9.17, 15) is 0 Å². The van der Waals surface area contributed by atoms with Crippen molar-refractivity contribution in [1.82, 2.24) is 0 Å². The van der Waals surface area contributed by atoms with Crippen LogP contribution in [0, 0.1) is 0 Å². The molecule has 11 rings (SSSR count). The van der Waals surface area contributed by atoms with Crippen molar-refractivity contribution < 1.29 is 8.83 Å². The summed E-state index contributed by atoms with van der Waals surface area (Å²) in [6, 6.07) is 52.5. The lowest BCUT2D eigenvalue weighted by molar-refractivity contribution is 0.631. The molecule has 2 aromatic heterocycles. The molecular weight excluding hydrogens is 637 g/mol. The summed E-state index contributed by atoms with van der Waals surface area (Å²) in [7, 11) is 0. The van der Waals surface area contributed by atoms with Crippen LogP contribution in [0.1, 0.15) is 49.9 Å². The molecule has 0 bridgehead atoms. The molecule has 52 heavy (non-hydrogen) atoms. The van der Waals surface area contributed by atoms with Crippen LogP contribution >= 0.6 is 0 Å². The second-order valence-corrected chi connectivity index (χ2v) is 15.4. The van der Waals surface area contributed by atoms with Crippen molar-refractivity contribution in [2.24, 2.45) is 0 Å². The number of para-hydroxylation sites is 4. The smallest absolute Gasteiger partial charge is 0.136 e. The van der Waals surface area contributed by atoms with Crippen molar-refractivity contribution in [3.05, 3.63) is 168 Å². The van der Waals surface area contributed by atoms with Crippen LogP contribution < -0.4 is 9.80 Å². The molecule has 9 aromatic rings. The van der Waals surface area contributed by atoms with Gasteiger partial charge in [0.1, 0.15) is 22.3 Å². The number of benzene rings is 7. The Balaban J connectivity index is 1.15. The number of hydrogen-bond acceptors (Lipinski definition) is 4. The molecule has 0 unspecified atom stereocenters. The third-order valence-electron chi connectivity index (χ3n) is 11.8. The second-order valence-electron chi connectivity index (χ2n) is 15.4. The summed E-state index contributed by atoms with van der Waals surface area (Å²) >= 11 is 0. The Morgan fingerprint density at radius 2 is 0.673 bits per heavy atom. The fraction of sp³-hybridized carbons (Fsp3) is 0.125. The van der Waals surface area contributed by atoms with Crippen molar-refractivity contribution >= 4 is 78.0 Å². The number of hydrogen-bond donors (Lipinski definition) is 0. The standard InChI is InChI=1S/C48H36N2O2/c1-47(2)33-13-5-9-17-37(33)49(38-18-10-6-14-34(38)47)29-21-23-41-31(27-29)45-43(51-41)25-26-44-46(45)32-28-30(22-24-42(32)52-44)50-39-19-11-7-15-35(39)48(3,4)36-16-8-12-20-40(36)50/h5-28H,1-4H3. The molecule has 2 aliphatic heterocycles. The van der Waals surface area contributed by atoms with E-state index in [2.05, 4.69) is 171 Å². The van der Waals surface area contributed by atoms with Gasteiger partial charge >= 0.3 is 0 Å². The van der Waals surface area contributed by atoms with Crippen LogP contribution in [0.25, 0.3) is 43.9 Å². The predicted molar refractivity (Wildman–Crippen MR) is 215 cm³/mol. The van der Waals surface area contributed by atoms with Gasteiger partial charge in [0.05, 0.1) is 22.7 Å². The number of fused-ring (bicyclic) bond motifs is 11. The van der Waals surface area contributed by atoms with Gasteiger partial charge in [-0.3, -0.25) is 0 Å². The third kappa shape index (κ3) is 3.81. The zero-order chi connectivity index (χ0) is 34.9. The van der Waals surface area contributed by atoms with Gasteiger partial charge in [-0.15, -0.1) is 0 Å². The second kappa shape index (κ2) is 10.2. The van der Waals surface area contributed by atoms with Gasteiger partial charge in [-0.25, -0.2) is 0 Å². The average molecular weight is 673 g/mol. The van der Waals surface area contributed by atoms with Gasteiger partial charge in [0, 0.05) is 43.7 Å². The van der Waals surface area contributed by atoms with Gasteiger partial charge in [-0.1, -0.05) is 100 Å². The molecule has 0 saturated carbocycles. The van der Waals surface area contributed by atoms with Gasteiger partial charge < -0.3 is 18.6 Å². The van der Waals surface area contributed by atoms with Crippen molar-refractivity contribution in [3.8, 4) is 0 Å². The largest absolute Gasteiger partial charge is 0.456 e. The van der Waals surface area contributed by atoms with Crippen LogP contribution in [0.2, 0.25) is 0 Å². The fourth-order valence-corrected chi connectivity index (χ4v) is 9.28. The van der Waals surface area contributed by atoms with Crippen molar-refractivity contribution in [2.75, 3.05) is 9.80 Å². The molecule has 7 aromatic carbocycles. The summed E-state index contributed by atoms with van der Waals surface area (Å²) in [5.74, 6) is 0. The van der Waals surface area contributed by atoms with E-state index in [-0.39, 0.29) is 10.8 Å². The SMILES string of the molecule is CC1(C)c2ccccc2N(c2ccc3oc4ccc5oc6ccc(N7c8ccccc8C(C)(C)c8ccccc87)cc6c5c4c3c2)c2ccccc21. The maximum absolute atomic E-state index is 6.59. The fourth-order valence-electron chi connectivity index (χ4n) is 9.28. The first-order valence-electron chi connectivity index (χ1n) is 18.1. The average Bonchev–Trinajstić information content (AvgIpc) is 3.73. The maximum atomic E-state index is 6.59. The third-order valence-corrected chi connectivity index (χ3v) is 11.8. The Morgan fingerprint density at radius 3 is 1.02 bits per heavy atom. The molecule has 0 fully saturated rings. The minimum absolute atomic E-state index is 0.124. The Morgan fingerprint density at radius 1 is 0.365 bits per heavy atom. The van der Waals surface area contributed by atoms with Crippen LogP contribution in [0.4, 0.5) is 34.1 Å². The summed E-state index contributed by atoms with van der Waals surface area (Å²) in [5, 5.41) is 4.29. The predicted octanol–water partition coefficient (Wildman–Crippen LogP) is 13.7. The molecule has 0 aliphatic carbocycles. The Kier molecular flexibility index (Phi) is 5.76. The molecule has 4 nitrogen and oxygen atoms in total. The molecule has 250 valence electrons. The lowest BCUT2D eigenvalue weighted by Crippen LogP contribution is -2.30. The molecule has 0 saturated heterocycles. The van der Waals surface area contributed by atoms with E-state index in [1.807, 2.05) is 12.1 Å². The lowest BCUT2D eigenvalue weighted by atomic mass is 9.73. The molecule has 0 amide bonds. The Hall–Kier alpha value is -6.26. The first-order valence-corrected chi connectivity index (χ1v) is 18.1. The number of furan rings is 2. The van der Waals surface area contributed by atoms with E-state index in [4.69, 9.17) is 8.83 Å². The highest BCUT2D eigenvalue weighted by atomic mass is 16.3. The zero-order valence-electron chi connectivity index (χ0n) is 29.6. The van der Waals surface area contributed by atoms with Gasteiger partial charge in [-0.05, 0) is 95.1 Å². The summed E-state index contributed by atoms with van der Waals surface area (Å²) in [4.78, 5) is 4.82. The van der Waals surface area contributed by atoms with E-state index in [1.165, 1.54) is 45.0 Å². The quantitative estimate of drug-likeness (QED) is 0.183. The lowest BCUT2D eigenvalue weighted by Gasteiger charge is -2.42. The van der Waals surface area contributed by atoms with Gasteiger partial charge in [-0.2, -0.15) is 0 Å². The van der Waals surface area contributed by atoms with Gasteiger partial charge in [0.2, 0.25) is 0 Å². The normalized spacial score (nSPS) is 15.5. The summed E-state index contributed by atoms with van der Waals surface area (Å²) < 4.78 is 13.2. The molecule has 0 spiro atoms. The van der Waals surface area contributed by atoms with E-state index in [0.717, 1.165) is 55.3 Å². The minimum atomic E-state index is -0.124. The van der Waals surface area contributed by atoms with Gasteiger partial charge in [0.15, 0.2) is 0 Å². The van der Waals surface area contributed by atoms with Gasteiger partial charge in [0.25, 0.3) is 0 Å². The van der Waals surface area contributed by atoms with E-state index >= 15 is 0 Å². The molecule has 4 heteroatoms. The van der Waals surface area contributed by atoms with Crippen LogP contribution in [0.3, 0.4) is 0 Å². The van der Waals surface area contributed by atoms with Crippen molar-refractivity contribution in [3.63, 3.8) is 0 Å². The van der Waals surface area contributed by atoms with Crippen molar-refractivity contribution in [2.45, 2.75) is 38.5 Å². The van der Waals surface area contributed by atoms with Crippen molar-refractivity contribution in [1.29, 1.82) is 0 Å². The number of nitrogens with zero attached hydrogens (tertiary/aromatic N) is 2. The molecule has 4 heterocycles. The van der Waals surface area contributed by atoms with E-state index < -0.39 is 0 Å². The van der Waals surface area contributed by atoms with Crippen LogP contribution in [-0.2, 0) is 10.8 Å². The van der Waals surface area contributed by atoms with E-state index in [0.29, 0.717) is 0 Å². The molecule has 0 N–H and O–H groups in total. The number of anilines is 6.